The average molecular weight is 258 g/mol. The summed E-state index contributed by atoms with van der Waals surface area (Å²) in [7, 11) is 0. The maximum atomic E-state index is 12.4. The van der Waals surface area contributed by atoms with E-state index in [0.717, 1.165) is 24.0 Å². The predicted octanol–water partition coefficient (Wildman–Crippen LogP) is 3.93. The first-order chi connectivity index (χ1) is 8.74. The van der Waals surface area contributed by atoms with Crippen molar-refractivity contribution >= 4 is 11.6 Å². The van der Waals surface area contributed by atoms with Crippen LogP contribution in [0.2, 0.25) is 0 Å². The molecule has 2 rings (SSSR count). The second kappa shape index (κ2) is 4.59. The molecule has 0 aliphatic heterocycles. The molecule has 1 aliphatic rings. The van der Waals surface area contributed by atoms with E-state index in [-0.39, 0.29) is 23.4 Å². The minimum atomic E-state index is -0.502. The standard InChI is InChI=1S/C17H22O2/c1-16(2,3)9-10-17(4)13-8-6-5-7-12(13)14(18)11-15(17)19/h5-8H,9-11H2,1-4H3/t17-/m0/s1. The SMILES string of the molecule is CC(C)(C)CC[C@]1(C)C(=O)CC(=O)c2ccccc21. The van der Waals surface area contributed by atoms with Crippen LogP contribution >= 0.6 is 0 Å². The molecule has 0 heterocycles. The van der Waals surface area contributed by atoms with E-state index in [4.69, 9.17) is 0 Å². The van der Waals surface area contributed by atoms with Crippen molar-refractivity contribution in [2.45, 2.75) is 52.4 Å². The van der Waals surface area contributed by atoms with Gasteiger partial charge in [-0.25, -0.2) is 0 Å². The lowest BCUT2D eigenvalue weighted by Crippen LogP contribution is -2.40. The Bertz CT molecular complexity index is 522. The summed E-state index contributed by atoms with van der Waals surface area (Å²) < 4.78 is 0. The molecule has 0 radical (unpaired) electrons. The van der Waals surface area contributed by atoms with Gasteiger partial charge in [0.15, 0.2) is 11.6 Å². The number of rotatable bonds is 2. The third-order valence-corrected chi connectivity index (χ3v) is 4.13. The molecule has 0 unspecified atom stereocenters. The Balaban J connectivity index is 2.41. The number of hydrogen-bond donors (Lipinski definition) is 0. The van der Waals surface area contributed by atoms with E-state index in [2.05, 4.69) is 20.8 Å². The maximum absolute atomic E-state index is 12.4. The van der Waals surface area contributed by atoms with Gasteiger partial charge in [-0.3, -0.25) is 9.59 Å². The van der Waals surface area contributed by atoms with Crippen molar-refractivity contribution in [1.82, 2.24) is 0 Å². The first kappa shape index (κ1) is 14.0. The molecule has 19 heavy (non-hydrogen) atoms. The highest BCUT2D eigenvalue weighted by molar-refractivity contribution is 6.15. The van der Waals surface area contributed by atoms with Crippen molar-refractivity contribution in [2.24, 2.45) is 5.41 Å². The van der Waals surface area contributed by atoms with Crippen LogP contribution < -0.4 is 0 Å². The van der Waals surface area contributed by atoms with E-state index < -0.39 is 5.41 Å². The first-order valence-electron chi connectivity index (χ1n) is 6.90. The van der Waals surface area contributed by atoms with Crippen LogP contribution in [-0.2, 0) is 10.2 Å². The van der Waals surface area contributed by atoms with Crippen LogP contribution in [0.25, 0.3) is 0 Å². The summed E-state index contributed by atoms with van der Waals surface area (Å²) in [6.07, 6.45) is 1.83. The summed E-state index contributed by atoms with van der Waals surface area (Å²) >= 11 is 0. The molecule has 1 aliphatic carbocycles. The molecular weight excluding hydrogens is 236 g/mol. The van der Waals surface area contributed by atoms with Gasteiger partial charge in [-0.1, -0.05) is 45.0 Å². The van der Waals surface area contributed by atoms with Gasteiger partial charge < -0.3 is 0 Å². The molecule has 0 saturated heterocycles. The predicted molar refractivity (Wildman–Crippen MR) is 76.4 cm³/mol. The van der Waals surface area contributed by atoms with Crippen LogP contribution in [0, 0.1) is 5.41 Å². The van der Waals surface area contributed by atoms with Crippen molar-refractivity contribution in [3.05, 3.63) is 35.4 Å². The molecule has 0 aromatic heterocycles. The highest BCUT2D eigenvalue weighted by atomic mass is 16.2. The van der Waals surface area contributed by atoms with Crippen molar-refractivity contribution in [3.8, 4) is 0 Å². The number of fused-ring (bicyclic) bond motifs is 1. The number of hydrogen-bond acceptors (Lipinski definition) is 2. The molecule has 1 aromatic rings. The number of Topliss-reactive ketones (excluding diaryl/α,β-unsaturated/α-hetero) is 2. The van der Waals surface area contributed by atoms with E-state index in [1.165, 1.54) is 0 Å². The fourth-order valence-electron chi connectivity index (χ4n) is 2.69. The first-order valence-corrected chi connectivity index (χ1v) is 6.90. The van der Waals surface area contributed by atoms with Crippen molar-refractivity contribution in [3.63, 3.8) is 0 Å². The summed E-state index contributed by atoms with van der Waals surface area (Å²) in [5, 5.41) is 0. The molecule has 1 aromatic carbocycles. The summed E-state index contributed by atoms with van der Waals surface area (Å²) in [5.41, 5.74) is 1.34. The molecule has 0 spiro atoms. The van der Waals surface area contributed by atoms with Gasteiger partial charge in [0.25, 0.3) is 0 Å². The Morgan fingerprint density at radius 2 is 1.79 bits per heavy atom. The summed E-state index contributed by atoms with van der Waals surface area (Å²) in [6, 6.07) is 7.57. The van der Waals surface area contributed by atoms with Crippen LogP contribution in [-0.4, -0.2) is 11.6 Å². The molecule has 0 amide bonds. The second-order valence-electron chi connectivity index (χ2n) is 6.96. The van der Waals surface area contributed by atoms with Crippen molar-refractivity contribution in [2.75, 3.05) is 0 Å². The van der Waals surface area contributed by atoms with Crippen LogP contribution in [0.15, 0.2) is 24.3 Å². The zero-order valence-electron chi connectivity index (χ0n) is 12.2. The highest BCUT2D eigenvalue weighted by Gasteiger charge is 2.42. The van der Waals surface area contributed by atoms with E-state index >= 15 is 0 Å². The van der Waals surface area contributed by atoms with E-state index in [9.17, 15) is 9.59 Å². The quantitative estimate of drug-likeness (QED) is 0.753. The highest BCUT2D eigenvalue weighted by Crippen LogP contribution is 2.40. The number of ketones is 2. The smallest absolute Gasteiger partial charge is 0.170 e. The van der Waals surface area contributed by atoms with Gasteiger partial charge in [-0.15, -0.1) is 0 Å². The Labute approximate surface area is 115 Å². The molecule has 2 heteroatoms. The van der Waals surface area contributed by atoms with Gasteiger partial charge in [0.05, 0.1) is 11.8 Å². The van der Waals surface area contributed by atoms with Gasteiger partial charge in [0, 0.05) is 5.56 Å². The topological polar surface area (TPSA) is 34.1 Å². The van der Waals surface area contributed by atoms with Crippen molar-refractivity contribution < 1.29 is 9.59 Å². The van der Waals surface area contributed by atoms with Gasteiger partial charge in [-0.2, -0.15) is 0 Å². The fourth-order valence-corrected chi connectivity index (χ4v) is 2.69. The van der Waals surface area contributed by atoms with Crippen LogP contribution in [0.4, 0.5) is 0 Å². The fraction of sp³-hybridized carbons (Fsp3) is 0.529. The van der Waals surface area contributed by atoms with Gasteiger partial charge in [-0.05, 0) is 30.7 Å². The minimum Gasteiger partial charge on any atom is -0.298 e. The Hall–Kier alpha value is -1.44. The van der Waals surface area contributed by atoms with E-state index in [1.807, 2.05) is 31.2 Å². The average Bonchev–Trinajstić information content (AvgIpc) is 2.33. The number of carbonyl (C=O) groups excluding carboxylic acids is 2. The summed E-state index contributed by atoms with van der Waals surface area (Å²) in [4.78, 5) is 24.3. The Kier molecular flexibility index (Phi) is 3.38. The zero-order valence-corrected chi connectivity index (χ0v) is 12.2. The molecule has 102 valence electrons. The van der Waals surface area contributed by atoms with Crippen molar-refractivity contribution in [1.29, 1.82) is 0 Å². The number of benzene rings is 1. The van der Waals surface area contributed by atoms with Crippen LogP contribution in [0.1, 0.15) is 62.9 Å². The van der Waals surface area contributed by atoms with E-state index in [1.54, 1.807) is 0 Å². The second-order valence-corrected chi connectivity index (χ2v) is 6.96. The summed E-state index contributed by atoms with van der Waals surface area (Å²) in [5.74, 6) is 0.0364. The monoisotopic (exact) mass is 258 g/mol. The molecule has 2 nitrogen and oxygen atoms in total. The van der Waals surface area contributed by atoms with E-state index in [0.29, 0.717) is 0 Å². The number of carbonyl (C=O) groups is 2. The molecule has 1 atom stereocenters. The largest absolute Gasteiger partial charge is 0.298 e. The van der Waals surface area contributed by atoms with Crippen LogP contribution in [0.5, 0.6) is 0 Å². The molecular formula is C17H22O2. The Morgan fingerprint density at radius 1 is 1.16 bits per heavy atom. The lowest BCUT2D eigenvalue weighted by Gasteiger charge is -2.35. The maximum Gasteiger partial charge on any atom is 0.170 e. The summed E-state index contributed by atoms with van der Waals surface area (Å²) in [6.45, 7) is 8.54. The third-order valence-electron chi connectivity index (χ3n) is 4.13. The normalized spacial score (nSPS) is 23.4. The third kappa shape index (κ3) is 2.63. The van der Waals surface area contributed by atoms with Crippen LogP contribution in [0.3, 0.4) is 0 Å². The molecule has 0 fully saturated rings. The van der Waals surface area contributed by atoms with Gasteiger partial charge in [0.2, 0.25) is 0 Å². The molecule has 0 saturated carbocycles. The minimum absolute atomic E-state index is 0.0335. The Morgan fingerprint density at radius 3 is 2.42 bits per heavy atom. The molecule has 0 N–H and O–H groups in total. The lowest BCUT2D eigenvalue weighted by atomic mass is 9.66. The van der Waals surface area contributed by atoms with Gasteiger partial charge >= 0.3 is 0 Å². The molecule has 0 bridgehead atoms. The van der Waals surface area contributed by atoms with Gasteiger partial charge in [0.1, 0.15) is 0 Å². The zero-order chi connectivity index (χ0) is 14.3. The lowest BCUT2D eigenvalue weighted by molar-refractivity contribution is -0.124.